The van der Waals surface area contributed by atoms with Crippen molar-refractivity contribution in [2.24, 2.45) is 0 Å². The topological polar surface area (TPSA) is 54.2 Å². The average molecular weight is 212 g/mol. The maximum Gasteiger partial charge on any atom is 0.321 e. The smallest absolute Gasteiger partial charge is 0.321 e. The Morgan fingerprint density at radius 2 is 2.13 bits per heavy atom. The second-order valence-electron chi connectivity index (χ2n) is 3.51. The van der Waals surface area contributed by atoms with E-state index >= 15 is 0 Å². The van der Waals surface area contributed by atoms with Crippen molar-refractivity contribution in [3.05, 3.63) is 5.82 Å². The fourth-order valence-electron chi connectivity index (χ4n) is 1.43. The first-order valence-corrected chi connectivity index (χ1v) is 5.52. The molecule has 0 aliphatic rings. The molecule has 15 heavy (non-hydrogen) atoms. The summed E-state index contributed by atoms with van der Waals surface area (Å²) in [5.41, 5.74) is 0. The van der Waals surface area contributed by atoms with Crippen LogP contribution in [0.25, 0.3) is 0 Å². The first-order valence-electron chi connectivity index (χ1n) is 5.52. The normalized spacial score (nSPS) is 10.9. The van der Waals surface area contributed by atoms with E-state index in [1.54, 1.807) is 0 Å². The molecule has 1 N–H and O–H groups in total. The lowest BCUT2D eigenvalue weighted by Gasteiger charge is -2.18. The van der Waals surface area contributed by atoms with Gasteiger partial charge < -0.3 is 14.7 Å². The minimum absolute atomic E-state index is 0.514. The van der Waals surface area contributed by atoms with Crippen molar-refractivity contribution in [2.75, 3.05) is 31.5 Å². The molecule has 0 unspecified atom stereocenters. The van der Waals surface area contributed by atoms with E-state index in [0.29, 0.717) is 11.8 Å². The molecule has 0 bridgehead atoms. The lowest BCUT2D eigenvalue weighted by molar-refractivity contribution is 0.298. The van der Waals surface area contributed by atoms with Crippen LogP contribution in [0.1, 0.15) is 26.1 Å². The van der Waals surface area contributed by atoms with E-state index in [9.17, 15) is 0 Å². The van der Waals surface area contributed by atoms with E-state index in [-0.39, 0.29) is 0 Å². The Bertz CT molecular complexity index is 274. The maximum atomic E-state index is 4.95. The molecular weight excluding hydrogens is 192 g/mol. The summed E-state index contributed by atoms with van der Waals surface area (Å²) < 4.78 is 4.95. The fourth-order valence-corrected chi connectivity index (χ4v) is 1.43. The minimum Gasteiger partial charge on any atom is -0.336 e. The van der Waals surface area contributed by atoms with Crippen molar-refractivity contribution in [1.82, 2.24) is 15.0 Å². The number of nitrogens with one attached hydrogen (secondary N) is 1. The van der Waals surface area contributed by atoms with Gasteiger partial charge in [0.05, 0.1) is 0 Å². The minimum atomic E-state index is 0.514. The van der Waals surface area contributed by atoms with Crippen LogP contribution in [-0.2, 0) is 0 Å². The van der Waals surface area contributed by atoms with Crippen LogP contribution in [0.4, 0.5) is 6.01 Å². The van der Waals surface area contributed by atoms with Crippen molar-refractivity contribution in [2.45, 2.75) is 27.2 Å². The van der Waals surface area contributed by atoms with Gasteiger partial charge in [-0.1, -0.05) is 19.0 Å². The van der Waals surface area contributed by atoms with E-state index < -0.39 is 0 Å². The summed E-state index contributed by atoms with van der Waals surface area (Å²) in [6.07, 6.45) is 1.19. The summed E-state index contributed by atoms with van der Waals surface area (Å²) in [6.45, 7) is 10.2. The van der Waals surface area contributed by atoms with Gasteiger partial charge in [-0.25, -0.2) is 0 Å². The van der Waals surface area contributed by atoms with Gasteiger partial charge in [0.15, 0.2) is 5.82 Å². The number of hydrogen-bond donors (Lipinski definition) is 1. The molecule has 1 heterocycles. The maximum absolute atomic E-state index is 4.95. The quantitative estimate of drug-likeness (QED) is 0.742. The molecule has 0 fully saturated rings. The van der Waals surface area contributed by atoms with Crippen molar-refractivity contribution < 1.29 is 4.52 Å². The third-order valence-corrected chi connectivity index (χ3v) is 2.22. The average Bonchev–Trinajstić information content (AvgIpc) is 2.63. The molecule has 0 aliphatic carbocycles. The SMILES string of the molecule is CCCN(CC)CCNc1nc(C)no1. The lowest BCUT2D eigenvalue weighted by atomic mass is 10.4. The monoisotopic (exact) mass is 212 g/mol. The van der Waals surface area contributed by atoms with Crippen LogP contribution in [0.5, 0.6) is 0 Å². The van der Waals surface area contributed by atoms with Gasteiger partial charge in [-0.3, -0.25) is 0 Å². The molecule has 0 aromatic carbocycles. The highest BCUT2D eigenvalue weighted by Crippen LogP contribution is 2.01. The third-order valence-electron chi connectivity index (χ3n) is 2.22. The third kappa shape index (κ3) is 4.29. The molecular formula is C10H20N4O. The Kier molecular flexibility index (Phi) is 5.10. The first-order chi connectivity index (χ1) is 7.26. The zero-order valence-electron chi connectivity index (χ0n) is 9.79. The predicted octanol–water partition coefficient (Wildman–Crippen LogP) is 1.52. The van der Waals surface area contributed by atoms with Gasteiger partial charge in [0.1, 0.15) is 0 Å². The van der Waals surface area contributed by atoms with Crippen molar-refractivity contribution in [1.29, 1.82) is 0 Å². The number of anilines is 1. The van der Waals surface area contributed by atoms with Crippen LogP contribution in [0.15, 0.2) is 4.52 Å². The summed E-state index contributed by atoms with van der Waals surface area (Å²) in [7, 11) is 0. The Morgan fingerprint density at radius 1 is 1.33 bits per heavy atom. The van der Waals surface area contributed by atoms with Crippen molar-refractivity contribution in [3.8, 4) is 0 Å². The summed E-state index contributed by atoms with van der Waals surface area (Å²) in [5.74, 6) is 0.665. The van der Waals surface area contributed by atoms with Crippen molar-refractivity contribution >= 4 is 6.01 Å². The molecule has 0 saturated heterocycles. The van der Waals surface area contributed by atoms with E-state index in [0.717, 1.165) is 26.2 Å². The summed E-state index contributed by atoms with van der Waals surface area (Å²) >= 11 is 0. The van der Waals surface area contributed by atoms with Crippen LogP contribution in [0, 0.1) is 6.92 Å². The van der Waals surface area contributed by atoms with Gasteiger partial charge in [-0.05, 0) is 26.4 Å². The van der Waals surface area contributed by atoms with E-state index in [2.05, 4.69) is 34.2 Å². The molecule has 5 nitrogen and oxygen atoms in total. The second-order valence-corrected chi connectivity index (χ2v) is 3.51. The number of aromatic nitrogens is 2. The summed E-state index contributed by atoms with van der Waals surface area (Å²) in [6, 6.07) is 0.514. The van der Waals surface area contributed by atoms with Crippen LogP contribution >= 0.6 is 0 Å². The molecule has 0 amide bonds. The molecule has 1 aromatic rings. The van der Waals surface area contributed by atoms with Gasteiger partial charge in [0, 0.05) is 13.1 Å². The highest BCUT2D eigenvalue weighted by atomic mass is 16.5. The molecule has 5 heteroatoms. The van der Waals surface area contributed by atoms with E-state index in [4.69, 9.17) is 4.52 Å². The lowest BCUT2D eigenvalue weighted by Crippen LogP contribution is -2.29. The van der Waals surface area contributed by atoms with Gasteiger partial charge >= 0.3 is 6.01 Å². The zero-order valence-corrected chi connectivity index (χ0v) is 9.79. The highest BCUT2D eigenvalue weighted by molar-refractivity contribution is 5.17. The fraction of sp³-hybridized carbons (Fsp3) is 0.800. The molecule has 1 aromatic heterocycles. The number of nitrogens with zero attached hydrogens (tertiary/aromatic N) is 3. The second kappa shape index (κ2) is 6.40. The molecule has 0 aliphatic heterocycles. The summed E-state index contributed by atoms with van der Waals surface area (Å²) in [5, 5.41) is 6.82. The van der Waals surface area contributed by atoms with E-state index in [1.165, 1.54) is 6.42 Å². The molecule has 0 atom stereocenters. The number of likely N-dealkylation sites (N-methyl/N-ethyl adjacent to an activating group) is 1. The largest absolute Gasteiger partial charge is 0.336 e. The van der Waals surface area contributed by atoms with Crippen LogP contribution in [0.3, 0.4) is 0 Å². The van der Waals surface area contributed by atoms with Crippen LogP contribution in [0.2, 0.25) is 0 Å². The highest BCUT2D eigenvalue weighted by Gasteiger charge is 2.03. The first kappa shape index (κ1) is 12.0. The van der Waals surface area contributed by atoms with Gasteiger partial charge in [-0.15, -0.1) is 0 Å². The Morgan fingerprint density at radius 3 is 2.67 bits per heavy atom. The predicted molar refractivity (Wildman–Crippen MR) is 59.9 cm³/mol. The number of aryl methyl sites for hydroxylation is 1. The van der Waals surface area contributed by atoms with Crippen LogP contribution in [-0.4, -0.2) is 41.2 Å². The molecule has 0 spiro atoms. The Hall–Kier alpha value is -1.10. The standard InChI is InChI=1S/C10H20N4O/c1-4-7-14(5-2)8-6-11-10-12-9(3)13-15-10/h4-8H2,1-3H3,(H,11,12,13). The van der Waals surface area contributed by atoms with Gasteiger partial charge in [0.25, 0.3) is 0 Å². The summed E-state index contributed by atoms with van der Waals surface area (Å²) in [4.78, 5) is 6.46. The molecule has 0 saturated carbocycles. The number of hydrogen-bond acceptors (Lipinski definition) is 5. The van der Waals surface area contributed by atoms with Gasteiger partial charge in [-0.2, -0.15) is 4.98 Å². The zero-order chi connectivity index (χ0) is 11.1. The molecule has 0 radical (unpaired) electrons. The van der Waals surface area contributed by atoms with E-state index in [1.807, 2.05) is 6.92 Å². The Labute approximate surface area is 90.8 Å². The Balaban J connectivity index is 2.20. The van der Waals surface area contributed by atoms with Gasteiger partial charge in [0.2, 0.25) is 0 Å². The molecule has 86 valence electrons. The molecule has 1 rings (SSSR count). The van der Waals surface area contributed by atoms with Crippen molar-refractivity contribution in [3.63, 3.8) is 0 Å². The number of rotatable bonds is 7. The van der Waals surface area contributed by atoms with Crippen LogP contribution < -0.4 is 5.32 Å².